The number of aromatic nitrogens is 1. The first kappa shape index (κ1) is 11.7. The zero-order valence-electron chi connectivity index (χ0n) is 9.57. The van der Waals surface area contributed by atoms with Crippen molar-refractivity contribution in [3.63, 3.8) is 0 Å². The van der Waals surface area contributed by atoms with E-state index in [2.05, 4.69) is 29.4 Å². The highest BCUT2D eigenvalue weighted by molar-refractivity contribution is 6.33. The lowest BCUT2D eigenvalue weighted by Gasteiger charge is -2.09. The fourth-order valence-corrected chi connectivity index (χ4v) is 1.81. The minimum Gasteiger partial charge on any atom is -0.397 e. The van der Waals surface area contributed by atoms with Crippen LogP contribution in [0.3, 0.4) is 0 Å². The Bertz CT molecular complexity index is 526. The van der Waals surface area contributed by atoms with Crippen LogP contribution in [0.15, 0.2) is 36.5 Å². The van der Waals surface area contributed by atoms with Crippen molar-refractivity contribution in [2.45, 2.75) is 13.5 Å². The summed E-state index contributed by atoms with van der Waals surface area (Å²) in [6.07, 6.45) is 1.59. The van der Waals surface area contributed by atoms with E-state index in [9.17, 15) is 0 Å². The average molecular weight is 248 g/mol. The monoisotopic (exact) mass is 247 g/mol. The molecule has 0 spiro atoms. The summed E-state index contributed by atoms with van der Waals surface area (Å²) in [5, 5.41) is 3.74. The highest BCUT2D eigenvalue weighted by atomic mass is 35.5. The van der Waals surface area contributed by atoms with E-state index in [1.54, 1.807) is 12.3 Å². The summed E-state index contributed by atoms with van der Waals surface area (Å²) in [5.74, 6) is 0.657. The summed E-state index contributed by atoms with van der Waals surface area (Å²) < 4.78 is 0. The number of rotatable bonds is 3. The number of aryl methyl sites for hydroxylation is 1. The molecule has 0 amide bonds. The van der Waals surface area contributed by atoms with Crippen LogP contribution < -0.4 is 11.1 Å². The van der Waals surface area contributed by atoms with Gasteiger partial charge in [-0.1, -0.05) is 35.9 Å². The Morgan fingerprint density at radius 3 is 2.82 bits per heavy atom. The van der Waals surface area contributed by atoms with Crippen molar-refractivity contribution in [1.82, 2.24) is 4.98 Å². The molecular formula is C13H14ClN3. The van der Waals surface area contributed by atoms with Crippen LogP contribution in [-0.2, 0) is 6.54 Å². The highest BCUT2D eigenvalue weighted by Crippen LogP contribution is 2.21. The molecule has 17 heavy (non-hydrogen) atoms. The van der Waals surface area contributed by atoms with Crippen LogP contribution in [0.1, 0.15) is 11.1 Å². The lowest BCUT2D eigenvalue weighted by Crippen LogP contribution is -2.03. The zero-order chi connectivity index (χ0) is 12.3. The van der Waals surface area contributed by atoms with Crippen LogP contribution in [0.5, 0.6) is 0 Å². The van der Waals surface area contributed by atoms with Gasteiger partial charge in [-0.15, -0.1) is 0 Å². The van der Waals surface area contributed by atoms with Crippen molar-refractivity contribution in [1.29, 1.82) is 0 Å². The standard InChI is InChI=1S/C13H14ClN3/c1-9-4-2-3-5-10(9)7-16-13-12(14)6-11(15)8-17-13/h2-6,8H,7,15H2,1H3,(H,16,17). The molecule has 2 aromatic rings. The molecule has 2 rings (SSSR count). The molecule has 0 radical (unpaired) electrons. The molecule has 3 N–H and O–H groups in total. The van der Waals surface area contributed by atoms with Gasteiger partial charge in [-0.2, -0.15) is 0 Å². The van der Waals surface area contributed by atoms with Crippen LogP contribution in [0, 0.1) is 6.92 Å². The minimum atomic E-state index is 0.540. The molecule has 0 saturated carbocycles. The third-order valence-electron chi connectivity index (χ3n) is 2.57. The molecule has 0 unspecified atom stereocenters. The Hall–Kier alpha value is -1.74. The topological polar surface area (TPSA) is 50.9 Å². The molecule has 0 aliphatic carbocycles. The van der Waals surface area contributed by atoms with Gasteiger partial charge < -0.3 is 11.1 Å². The molecule has 0 saturated heterocycles. The Kier molecular flexibility index (Phi) is 3.49. The first-order valence-corrected chi connectivity index (χ1v) is 5.74. The third kappa shape index (κ3) is 2.88. The van der Waals surface area contributed by atoms with E-state index in [0.717, 1.165) is 0 Å². The predicted octanol–water partition coefficient (Wildman–Crippen LogP) is 3.24. The SMILES string of the molecule is Cc1ccccc1CNc1ncc(N)cc1Cl. The smallest absolute Gasteiger partial charge is 0.145 e. The van der Waals surface area contributed by atoms with Gasteiger partial charge in [0.05, 0.1) is 16.9 Å². The van der Waals surface area contributed by atoms with Crippen LogP contribution in [0.25, 0.3) is 0 Å². The molecule has 0 atom stereocenters. The Morgan fingerprint density at radius 1 is 1.35 bits per heavy atom. The van der Waals surface area contributed by atoms with Gasteiger partial charge in [0.1, 0.15) is 5.82 Å². The lowest BCUT2D eigenvalue weighted by molar-refractivity contribution is 1.09. The van der Waals surface area contributed by atoms with Gasteiger partial charge in [-0.05, 0) is 24.1 Å². The molecule has 1 aromatic carbocycles. The molecule has 0 aliphatic rings. The predicted molar refractivity (Wildman–Crippen MR) is 72.2 cm³/mol. The molecule has 1 aromatic heterocycles. The van der Waals surface area contributed by atoms with E-state index >= 15 is 0 Å². The minimum absolute atomic E-state index is 0.540. The van der Waals surface area contributed by atoms with E-state index in [1.165, 1.54) is 11.1 Å². The second kappa shape index (κ2) is 5.06. The average Bonchev–Trinajstić information content (AvgIpc) is 2.30. The van der Waals surface area contributed by atoms with Gasteiger partial charge in [0.15, 0.2) is 0 Å². The molecule has 0 fully saturated rings. The number of halogens is 1. The van der Waals surface area contributed by atoms with Gasteiger partial charge in [0, 0.05) is 6.54 Å². The van der Waals surface area contributed by atoms with Crippen LogP contribution >= 0.6 is 11.6 Å². The van der Waals surface area contributed by atoms with Gasteiger partial charge >= 0.3 is 0 Å². The fraction of sp³-hybridized carbons (Fsp3) is 0.154. The number of hydrogen-bond acceptors (Lipinski definition) is 3. The van der Waals surface area contributed by atoms with Crippen molar-refractivity contribution >= 4 is 23.1 Å². The highest BCUT2D eigenvalue weighted by Gasteiger charge is 2.03. The molecule has 0 aliphatic heterocycles. The number of anilines is 2. The maximum atomic E-state index is 6.03. The van der Waals surface area contributed by atoms with Crippen LogP contribution in [-0.4, -0.2) is 4.98 Å². The number of hydrogen-bond donors (Lipinski definition) is 2. The Balaban J connectivity index is 2.10. The lowest BCUT2D eigenvalue weighted by atomic mass is 10.1. The quantitative estimate of drug-likeness (QED) is 0.876. The molecule has 4 heteroatoms. The van der Waals surface area contributed by atoms with Crippen molar-refractivity contribution < 1.29 is 0 Å². The van der Waals surface area contributed by atoms with Crippen molar-refractivity contribution in [2.24, 2.45) is 0 Å². The van der Waals surface area contributed by atoms with E-state index in [0.29, 0.717) is 23.1 Å². The first-order chi connectivity index (χ1) is 8.16. The van der Waals surface area contributed by atoms with Crippen molar-refractivity contribution in [2.75, 3.05) is 11.1 Å². The van der Waals surface area contributed by atoms with E-state index in [-0.39, 0.29) is 0 Å². The number of benzene rings is 1. The third-order valence-corrected chi connectivity index (χ3v) is 2.86. The van der Waals surface area contributed by atoms with Gasteiger partial charge in [-0.25, -0.2) is 4.98 Å². The molecule has 88 valence electrons. The molecule has 1 heterocycles. The maximum absolute atomic E-state index is 6.03. The van der Waals surface area contributed by atoms with Crippen LogP contribution in [0.4, 0.5) is 11.5 Å². The van der Waals surface area contributed by atoms with Gasteiger partial charge in [0.25, 0.3) is 0 Å². The Labute approximate surface area is 106 Å². The number of nitrogen functional groups attached to an aromatic ring is 1. The van der Waals surface area contributed by atoms with E-state index in [1.807, 2.05) is 12.1 Å². The maximum Gasteiger partial charge on any atom is 0.145 e. The van der Waals surface area contributed by atoms with Crippen molar-refractivity contribution in [3.05, 3.63) is 52.7 Å². The normalized spacial score (nSPS) is 10.2. The number of nitrogens with two attached hydrogens (primary N) is 1. The summed E-state index contributed by atoms with van der Waals surface area (Å²) >= 11 is 6.03. The summed E-state index contributed by atoms with van der Waals surface area (Å²) in [6, 6.07) is 9.88. The summed E-state index contributed by atoms with van der Waals surface area (Å²) in [6.45, 7) is 2.78. The number of pyridine rings is 1. The van der Waals surface area contributed by atoms with E-state index < -0.39 is 0 Å². The molecule has 3 nitrogen and oxygen atoms in total. The zero-order valence-corrected chi connectivity index (χ0v) is 10.3. The first-order valence-electron chi connectivity index (χ1n) is 5.36. The second-order valence-electron chi connectivity index (χ2n) is 3.88. The molecule has 0 bridgehead atoms. The van der Waals surface area contributed by atoms with Gasteiger partial charge in [0.2, 0.25) is 0 Å². The molecular weight excluding hydrogens is 234 g/mol. The summed E-state index contributed by atoms with van der Waals surface area (Å²) in [5.41, 5.74) is 8.62. The van der Waals surface area contributed by atoms with Crippen molar-refractivity contribution in [3.8, 4) is 0 Å². The summed E-state index contributed by atoms with van der Waals surface area (Å²) in [4.78, 5) is 4.15. The van der Waals surface area contributed by atoms with E-state index in [4.69, 9.17) is 17.3 Å². The van der Waals surface area contributed by atoms with Gasteiger partial charge in [-0.3, -0.25) is 0 Å². The summed E-state index contributed by atoms with van der Waals surface area (Å²) in [7, 11) is 0. The van der Waals surface area contributed by atoms with Crippen LogP contribution in [0.2, 0.25) is 5.02 Å². The largest absolute Gasteiger partial charge is 0.397 e. The Morgan fingerprint density at radius 2 is 2.12 bits per heavy atom. The number of nitrogens with one attached hydrogen (secondary N) is 1. The second-order valence-corrected chi connectivity index (χ2v) is 4.29. The fourth-order valence-electron chi connectivity index (χ4n) is 1.57. The number of nitrogens with zero attached hydrogens (tertiary/aromatic N) is 1.